The molecule has 1 rings (SSSR count). The van der Waals surface area contributed by atoms with Crippen molar-refractivity contribution < 1.29 is 27.9 Å². The van der Waals surface area contributed by atoms with Gasteiger partial charge in [-0.05, 0) is 24.1 Å². The number of benzene rings is 1. The van der Waals surface area contributed by atoms with E-state index in [4.69, 9.17) is 15.0 Å². The van der Waals surface area contributed by atoms with Gasteiger partial charge in [0.05, 0.1) is 17.6 Å². The van der Waals surface area contributed by atoms with E-state index in [0.717, 1.165) is 6.07 Å². The van der Waals surface area contributed by atoms with Gasteiger partial charge in [-0.1, -0.05) is 6.92 Å². The zero-order valence-electron chi connectivity index (χ0n) is 12.2. The molecule has 4 N–H and O–H groups in total. The fourth-order valence-electron chi connectivity index (χ4n) is 1.77. The molecule has 0 radical (unpaired) electrons. The molecule has 22 heavy (non-hydrogen) atoms. The number of carbonyl (C=O) groups excluding carboxylic acids is 1. The van der Waals surface area contributed by atoms with E-state index in [0.29, 0.717) is 0 Å². The third-order valence-corrected chi connectivity index (χ3v) is 3.79. The molecule has 122 valence electrons. The van der Waals surface area contributed by atoms with Gasteiger partial charge in [-0.25, -0.2) is 13.6 Å². The number of primary sulfonamides is 1. The molecule has 0 aromatic heterocycles. The molecular weight excluding hydrogens is 312 g/mol. The van der Waals surface area contributed by atoms with E-state index in [2.05, 4.69) is 5.32 Å². The number of nitrogens with one attached hydrogen (secondary N) is 1. The van der Waals surface area contributed by atoms with Crippen LogP contribution in [0.5, 0.6) is 5.75 Å². The number of nitrogens with two attached hydrogens (primary N) is 1. The van der Waals surface area contributed by atoms with Crippen LogP contribution in [0.25, 0.3) is 0 Å². The van der Waals surface area contributed by atoms with E-state index in [9.17, 15) is 18.0 Å². The number of rotatable bonds is 7. The molecule has 0 fully saturated rings. The van der Waals surface area contributed by atoms with Crippen molar-refractivity contribution in [2.24, 2.45) is 11.1 Å². The Morgan fingerprint density at radius 2 is 2.05 bits per heavy atom. The lowest BCUT2D eigenvalue weighted by atomic mass is 10.1. The molecular formula is C13H18N2O6S. The zero-order valence-corrected chi connectivity index (χ0v) is 13.0. The molecule has 0 spiro atoms. The highest BCUT2D eigenvalue weighted by Gasteiger charge is 2.18. The number of carbonyl (C=O) groups is 2. The molecule has 1 atom stereocenters. The highest BCUT2D eigenvalue weighted by molar-refractivity contribution is 7.89. The van der Waals surface area contributed by atoms with E-state index in [1.54, 1.807) is 6.92 Å². The van der Waals surface area contributed by atoms with Crippen LogP contribution < -0.4 is 15.2 Å². The van der Waals surface area contributed by atoms with Crippen LogP contribution in [0, 0.1) is 5.92 Å². The lowest BCUT2D eigenvalue weighted by Gasteiger charge is -2.13. The maximum atomic E-state index is 12.1. The molecule has 0 aliphatic carbocycles. The molecule has 1 aromatic rings. The Hall–Kier alpha value is -2.13. The highest BCUT2D eigenvalue weighted by atomic mass is 32.2. The number of ether oxygens (including phenoxy) is 1. The molecule has 0 saturated carbocycles. The summed E-state index contributed by atoms with van der Waals surface area (Å²) in [7, 11) is -2.60. The summed E-state index contributed by atoms with van der Waals surface area (Å²) >= 11 is 0. The minimum atomic E-state index is -3.94. The standard InChI is InChI=1S/C13H18N2O6S/c1-8(5-12(16)17)7-15-13(18)10-6-9(22(14,19)20)3-4-11(10)21-2/h3-4,6,8H,5,7H2,1-2H3,(H,15,18)(H,16,17)(H2,14,19,20). The van der Waals surface area contributed by atoms with Crippen molar-refractivity contribution in [1.82, 2.24) is 5.32 Å². The first-order valence-electron chi connectivity index (χ1n) is 6.36. The summed E-state index contributed by atoms with van der Waals surface area (Å²) in [6, 6.07) is 3.68. The first-order chi connectivity index (χ1) is 10.1. The van der Waals surface area contributed by atoms with Crippen LogP contribution in [0.4, 0.5) is 0 Å². The molecule has 0 heterocycles. The van der Waals surface area contributed by atoms with Gasteiger partial charge in [-0.2, -0.15) is 0 Å². The van der Waals surface area contributed by atoms with Crippen molar-refractivity contribution in [2.45, 2.75) is 18.2 Å². The maximum absolute atomic E-state index is 12.1. The largest absolute Gasteiger partial charge is 0.496 e. The monoisotopic (exact) mass is 330 g/mol. The van der Waals surface area contributed by atoms with Gasteiger partial charge < -0.3 is 15.2 Å². The Labute approximate surface area is 128 Å². The summed E-state index contributed by atoms with van der Waals surface area (Å²) in [5, 5.41) is 16.2. The number of amides is 1. The molecule has 1 unspecified atom stereocenters. The van der Waals surface area contributed by atoms with Gasteiger partial charge in [0.25, 0.3) is 5.91 Å². The lowest BCUT2D eigenvalue weighted by molar-refractivity contribution is -0.137. The number of sulfonamides is 1. The third-order valence-electron chi connectivity index (χ3n) is 2.88. The number of methoxy groups -OCH3 is 1. The maximum Gasteiger partial charge on any atom is 0.303 e. The summed E-state index contributed by atoms with van der Waals surface area (Å²) in [6.07, 6.45) is -0.0887. The van der Waals surface area contributed by atoms with E-state index in [1.807, 2.05) is 0 Å². The Kier molecular flexibility index (Phi) is 5.89. The Bertz CT molecular complexity index is 671. The van der Waals surface area contributed by atoms with Crippen molar-refractivity contribution in [2.75, 3.05) is 13.7 Å². The lowest BCUT2D eigenvalue weighted by Crippen LogP contribution is -2.29. The van der Waals surface area contributed by atoms with Crippen LogP contribution in [0.15, 0.2) is 23.1 Å². The van der Waals surface area contributed by atoms with Gasteiger partial charge in [0, 0.05) is 13.0 Å². The third kappa shape index (κ3) is 5.01. The number of aliphatic carboxylic acids is 1. The van der Waals surface area contributed by atoms with Crippen molar-refractivity contribution >= 4 is 21.9 Å². The first-order valence-corrected chi connectivity index (χ1v) is 7.90. The fraction of sp³-hybridized carbons (Fsp3) is 0.385. The van der Waals surface area contributed by atoms with Gasteiger partial charge in [-0.3, -0.25) is 9.59 Å². The Balaban J connectivity index is 2.94. The minimum Gasteiger partial charge on any atom is -0.496 e. The van der Waals surface area contributed by atoms with Crippen molar-refractivity contribution in [1.29, 1.82) is 0 Å². The van der Waals surface area contributed by atoms with Crippen LogP contribution in [-0.4, -0.2) is 39.1 Å². The number of carboxylic acid groups (broad SMARTS) is 1. The summed E-state index contributed by atoms with van der Waals surface area (Å²) in [5.74, 6) is -1.61. The van der Waals surface area contributed by atoms with Crippen LogP contribution in [0.3, 0.4) is 0 Å². The van der Waals surface area contributed by atoms with E-state index < -0.39 is 21.9 Å². The summed E-state index contributed by atoms with van der Waals surface area (Å²) in [4.78, 5) is 22.5. The molecule has 0 saturated heterocycles. The van der Waals surface area contributed by atoms with Gasteiger partial charge in [0.1, 0.15) is 5.75 Å². The molecule has 1 amide bonds. The SMILES string of the molecule is COc1ccc(S(N)(=O)=O)cc1C(=O)NCC(C)CC(=O)O. The molecule has 1 aromatic carbocycles. The average Bonchev–Trinajstić information content (AvgIpc) is 2.42. The second-order valence-corrected chi connectivity index (χ2v) is 6.38. The van der Waals surface area contributed by atoms with Crippen LogP contribution >= 0.6 is 0 Å². The number of hydrogen-bond donors (Lipinski definition) is 3. The van der Waals surface area contributed by atoms with Gasteiger partial charge in [0.15, 0.2) is 0 Å². The van der Waals surface area contributed by atoms with Crippen molar-refractivity contribution in [3.8, 4) is 5.75 Å². The quantitative estimate of drug-likeness (QED) is 0.652. The summed E-state index contributed by atoms with van der Waals surface area (Å²) in [5.41, 5.74) is 0.0107. The minimum absolute atomic E-state index is 0.0107. The van der Waals surface area contributed by atoms with Crippen LogP contribution in [-0.2, 0) is 14.8 Å². The average molecular weight is 330 g/mol. The Morgan fingerprint density at radius 1 is 1.41 bits per heavy atom. The fourth-order valence-corrected chi connectivity index (χ4v) is 2.31. The molecule has 9 heteroatoms. The molecule has 8 nitrogen and oxygen atoms in total. The van der Waals surface area contributed by atoms with Crippen LogP contribution in [0.1, 0.15) is 23.7 Å². The number of carboxylic acids is 1. The summed E-state index contributed by atoms with van der Waals surface area (Å²) in [6.45, 7) is 1.81. The second-order valence-electron chi connectivity index (χ2n) is 4.82. The zero-order chi connectivity index (χ0) is 16.9. The molecule has 0 aliphatic heterocycles. The molecule has 0 aliphatic rings. The highest BCUT2D eigenvalue weighted by Crippen LogP contribution is 2.21. The predicted octanol–water partition coefficient (Wildman–Crippen LogP) is 0.183. The topological polar surface area (TPSA) is 136 Å². The number of hydrogen-bond acceptors (Lipinski definition) is 5. The van der Waals surface area contributed by atoms with Gasteiger partial charge in [0.2, 0.25) is 10.0 Å². The van der Waals surface area contributed by atoms with E-state index in [1.165, 1.54) is 19.2 Å². The Morgan fingerprint density at radius 3 is 2.55 bits per heavy atom. The van der Waals surface area contributed by atoms with Crippen molar-refractivity contribution in [3.05, 3.63) is 23.8 Å². The second kappa shape index (κ2) is 7.23. The molecule has 0 bridgehead atoms. The van der Waals surface area contributed by atoms with Crippen molar-refractivity contribution in [3.63, 3.8) is 0 Å². The normalized spacial score (nSPS) is 12.5. The first kappa shape index (κ1) is 17.9. The van der Waals surface area contributed by atoms with E-state index >= 15 is 0 Å². The van der Waals surface area contributed by atoms with E-state index in [-0.39, 0.29) is 35.1 Å². The predicted molar refractivity (Wildman–Crippen MR) is 78.1 cm³/mol. The summed E-state index contributed by atoms with van der Waals surface area (Å²) < 4.78 is 27.7. The smallest absolute Gasteiger partial charge is 0.303 e. The van der Waals surface area contributed by atoms with Crippen LogP contribution in [0.2, 0.25) is 0 Å². The van der Waals surface area contributed by atoms with Gasteiger partial charge >= 0.3 is 5.97 Å². The van der Waals surface area contributed by atoms with Gasteiger partial charge in [-0.15, -0.1) is 0 Å².